The van der Waals surface area contributed by atoms with E-state index in [9.17, 15) is 13.5 Å². The first-order chi connectivity index (χ1) is 16.3. The zero-order valence-corrected chi connectivity index (χ0v) is 20.0. The second-order valence-corrected chi connectivity index (χ2v) is 10.0. The molecule has 0 aliphatic heterocycles. The maximum Gasteiger partial charge on any atom is 0.263 e. The highest BCUT2D eigenvalue weighted by Crippen LogP contribution is 2.38. The Bertz CT molecular complexity index is 1580. The topological polar surface area (TPSA) is 123 Å². The van der Waals surface area contributed by atoms with Gasteiger partial charge in [0.1, 0.15) is 22.7 Å². The summed E-state index contributed by atoms with van der Waals surface area (Å²) in [7, 11) is 13.0. The van der Waals surface area contributed by atoms with E-state index in [1.807, 2.05) is 0 Å². The Balaban J connectivity index is 1.86. The van der Waals surface area contributed by atoms with Gasteiger partial charge >= 0.3 is 0 Å². The monoisotopic (exact) mass is 525 g/mol. The molecule has 6 radical (unpaired) electrons. The first-order valence-corrected chi connectivity index (χ1v) is 12.0. The van der Waals surface area contributed by atoms with Gasteiger partial charge in [0.05, 0.1) is 46.2 Å². The molecule has 172 valence electrons. The van der Waals surface area contributed by atoms with Crippen molar-refractivity contribution in [1.29, 1.82) is 0 Å². The van der Waals surface area contributed by atoms with Gasteiger partial charge in [0.2, 0.25) is 0 Å². The first kappa shape index (κ1) is 25.4. The van der Waals surface area contributed by atoms with Crippen molar-refractivity contribution in [3.05, 3.63) is 64.3 Å². The number of nitrogen functional groups attached to an aromatic ring is 1. The van der Waals surface area contributed by atoms with Crippen molar-refractivity contribution in [1.82, 2.24) is 14.5 Å². The summed E-state index contributed by atoms with van der Waals surface area (Å²) < 4.78 is 45.1. The summed E-state index contributed by atoms with van der Waals surface area (Å²) in [6, 6.07) is 6.42. The van der Waals surface area contributed by atoms with Gasteiger partial charge in [-0.1, -0.05) is 40.6 Å². The molecule has 35 heavy (non-hydrogen) atoms. The number of hydrogen-bond acceptors (Lipinski definition) is 6. The maximum atomic E-state index is 15.7. The molecule has 15 heteroatoms. The molecule has 0 amide bonds. The Kier molecular flexibility index (Phi) is 6.56. The van der Waals surface area contributed by atoms with Crippen LogP contribution in [0.5, 0.6) is 0 Å². The van der Waals surface area contributed by atoms with Crippen LogP contribution in [-0.4, -0.2) is 51.6 Å². The van der Waals surface area contributed by atoms with E-state index in [0.717, 1.165) is 6.07 Å². The zero-order valence-electron chi connectivity index (χ0n) is 17.7. The van der Waals surface area contributed by atoms with E-state index in [1.54, 1.807) is 0 Å². The van der Waals surface area contributed by atoms with Crippen LogP contribution in [0.3, 0.4) is 0 Å². The van der Waals surface area contributed by atoms with E-state index in [1.165, 1.54) is 41.4 Å². The van der Waals surface area contributed by atoms with Gasteiger partial charge in [-0.25, -0.2) is 22.8 Å². The van der Waals surface area contributed by atoms with Crippen molar-refractivity contribution >= 4 is 79.3 Å². The number of benzene rings is 2. The number of rotatable bonds is 6. The Labute approximate surface area is 213 Å². The predicted octanol–water partition coefficient (Wildman–Crippen LogP) is 2.49. The van der Waals surface area contributed by atoms with Crippen molar-refractivity contribution in [3.63, 3.8) is 0 Å². The molecule has 2 aromatic heterocycles. The Hall–Kier alpha value is -2.73. The summed E-state index contributed by atoms with van der Waals surface area (Å²) in [6.45, 7) is -0.551. The summed E-state index contributed by atoms with van der Waals surface area (Å²) >= 11 is 12.1. The molecule has 0 fully saturated rings. The fourth-order valence-electron chi connectivity index (χ4n) is 3.53. The largest absolute Gasteiger partial charge is 0.392 e. The van der Waals surface area contributed by atoms with Gasteiger partial charge in [-0.2, -0.15) is 0 Å². The molecule has 4 N–H and O–H groups in total. The van der Waals surface area contributed by atoms with Crippen LogP contribution in [0.25, 0.3) is 22.2 Å². The van der Waals surface area contributed by atoms with Gasteiger partial charge in [-0.15, -0.1) is 0 Å². The molecule has 0 aliphatic rings. The second-order valence-electron chi connectivity index (χ2n) is 7.57. The number of aliphatic hydroxyl groups is 1. The minimum absolute atomic E-state index is 0.000580. The van der Waals surface area contributed by atoms with E-state index in [2.05, 4.69) is 14.7 Å². The number of fused-ring (bicyclic) bond motifs is 1. The molecular formula is C20H13B3Cl2FN5O3S. The molecule has 0 spiro atoms. The summed E-state index contributed by atoms with van der Waals surface area (Å²) in [5.41, 5.74) is 5.95. The second kappa shape index (κ2) is 9.05. The molecule has 0 atom stereocenters. The number of nitrogens with two attached hydrogens (primary N) is 1. The minimum atomic E-state index is -4.42. The molecule has 8 nitrogen and oxygen atoms in total. The molecule has 0 saturated heterocycles. The molecule has 0 saturated carbocycles. The van der Waals surface area contributed by atoms with Gasteiger partial charge in [0.15, 0.2) is 5.82 Å². The van der Waals surface area contributed by atoms with Crippen LogP contribution >= 0.6 is 23.2 Å². The molecular weight excluding hydrogens is 513 g/mol. The lowest BCUT2D eigenvalue weighted by molar-refractivity contribution is 0.281. The molecule has 4 aromatic rings. The number of aromatic nitrogens is 3. The highest BCUT2D eigenvalue weighted by atomic mass is 35.5. The highest BCUT2D eigenvalue weighted by molar-refractivity contribution is 7.92. The van der Waals surface area contributed by atoms with Gasteiger partial charge in [0.25, 0.3) is 10.0 Å². The molecule has 4 rings (SSSR count). The van der Waals surface area contributed by atoms with E-state index < -0.39 is 38.3 Å². The predicted molar refractivity (Wildman–Crippen MR) is 136 cm³/mol. The third kappa shape index (κ3) is 4.61. The van der Waals surface area contributed by atoms with Crippen LogP contribution in [0.1, 0.15) is 5.56 Å². The first-order valence-electron chi connectivity index (χ1n) is 9.74. The number of aliphatic hydroxyl groups excluding tert-OH is 1. The van der Waals surface area contributed by atoms with E-state index in [-0.39, 0.29) is 43.6 Å². The van der Waals surface area contributed by atoms with Crippen molar-refractivity contribution in [2.24, 2.45) is 0 Å². The van der Waals surface area contributed by atoms with Crippen LogP contribution < -0.4 is 10.5 Å². The van der Waals surface area contributed by atoms with Crippen molar-refractivity contribution in [3.8, 4) is 11.1 Å². The van der Waals surface area contributed by atoms with Crippen LogP contribution in [0.4, 0.5) is 15.9 Å². The van der Waals surface area contributed by atoms with Crippen LogP contribution in [0.15, 0.2) is 47.8 Å². The van der Waals surface area contributed by atoms with E-state index in [0.29, 0.717) is 0 Å². The molecule has 0 unspecified atom stereocenters. The van der Waals surface area contributed by atoms with Crippen molar-refractivity contribution < 1.29 is 17.9 Å². The summed E-state index contributed by atoms with van der Waals surface area (Å²) in [5.74, 6) is -0.948. The van der Waals surface area contributed by atoms with Gasteiger partial charge < -0.3 is 15.4 Å². The molecule has 0 aliphatic carbocycles. The number of sulfonamides is 1. The smallest absolute Gasteiger partial charge is 0.263 e. The maximum absolute atomic E-state index is 15.7. The van der Waals surface area contributed by atoms with E-state index >= 15 is 4.39 Å². The SMILES string of the molecule is [B]C([B])([B])n1cc(-c2cccc(NS(=O)(=O)c3cc(Cl)cc(CO)c3Cl)c2F)c2c(N)ncnc21. The van der Waals surface area contributed by atoms with Gasteiger partial charge in [0, 0.05) is 22.3 Å². The molecule has 0 bridgehead atoms. The Morgan fingerprint density at radius 2 is 1.89 bits per heavy atom. The van der Waals surface area contributed by atoms with Crippen molar-refractivity contribution in [2.45, 2.75) is 16.7 Å². The molecule has 2 heterocycles. The fraction of sp³-hybridized carbons (Fsp3) is 0.100. The van der Waals surface area contributed by atoms with Gasteiger partial charge in [-0.05, 0) is 23.8 Å². The lowest BCUT2D eigenvalue weighted by Crippen LogP contribution is -2.34. The quantitative estimate of drug-likeness (QED) is 0.332. The Morgan fingerprint density at radius 1 is 1.17 bits per heavy atom. The number of nitrogens with zero attached hydrogens (tertiary/aromatic N) is 3. The third-order valence-electron chi connectivity index (χ3n) is 5.10. The average Bonchev–Trinajstić information content (AvgIpc) is 3.17. The lowest BCUT2D eigenvalue weighted by atomic mass is 9.49. The number of halogens is 3. The van der Waals surface area contributed by atoms with E-state index in [4.69, 9.17) is 52.5 Å². The third-order valence-corrected chi connectivity index (χ3v) is 7.27. The van der Waals surface area contributed by atoms with Crippen molar-refractivity contribution in [2.75, 3.05) is 10.5 Å². The number of nitrogens with one attached hydrogen (secondary N) is 1. The standard InChI is InChI=1S/C20H13B3Cl2FN5O3S/c21-20(22,23)31-6-12(15-18(27)28-8-29-19(15)31)11-2-1-3-13(17(11)26)30-35(33,34)14-5-10(24)4-9(7-32)16(14)25/h1-6,8,30,32H,7H2,(H2,27,28,29). The summed E-state index contributed by atoms with van der Waals surface area (Å²) in [6.07, 6.45) is 2.51. The highest BCUT2D eigenvalue weighted by Gasteiger charge is 2.26. The van der Waals surface area contributed by atoms with Crippen LogP contribution in [0.2, 0.25) is 10.0 Å². The lowest BCUT2D eigenvalue weighted by Gasteiger charge is -2.23. The zero-order chi connectivity index (χ0) is 25.7. The average molecular weight is 526 g/mol. The van der Waals surface area contributed by atoms with Crippen LogP contribution in [0, 0.1) is 5.82 Å². The van der Waals surface area contributed by atoms with Crippen LogP contribution in [-0.2, 0) is 21.9 Å². The number of hydrogen-bond donors (Lipinski definition) is 3. The fourth-order valence-corrected chi connectivity index (χ4v) is 5.52. The summed E-state index contributed by atoms with van der Waals surface area (Å²) in [5, 5.41) is 7.51. The normalized spacial score (nSPS) is 12.2. The minimum Gasteiger partial charge on any atom is -0.392 e. The summed E-state index contributed by atoms with van der Waals surface area (Å²) in [4.78, 5) is 7.58. The molecule has 2 aromatic carbocycles. The van der Waals surface area contributed by atoms with Gasteiger partial charge in [-0.3, -0.25) is 4.72 Å². The Morgan fingerprint density at radius 3 is 2.54 bits per heavy atom. The number of anilines is 2.